The summed E-state index contributed by atoms with van der Waals surface area (Å²) < 4.78 is 0. The molecule has 0 heterocycles. The van der Waals surface area contributed by atoms with Gasteiger partial charge < -0.3 is 10.4 Å². The summed E-state index contributed by atoms with van der Waals surface area (Å²) in [7, 11) is 0. The molecule has 2 rings (SSSR count). The minimum atomic E-state index is -0.931. The molecule has 6 heteroatoms. The Balaban J connectivity index is 2.00. The minimum Gasteiger partial charge on any atom is -0.481 e. The van der Waals surface area contributed by atoms with Gasteiger partial charge in [-0.25, -0.2) is 0 Å². The Kier molecular flexibility index (Phi) is 3.26. The Hall–Kier alpha value is -1.26. The van der Waals surface area contributed by atoms with Gasteiger partial charge in [0.25, 0.3) is 0 Å². The molecule has 4 nitrogen and oxygen atoms in total. The second kappa shape index (κ2) is 4.55. The standard InChI is InChI=1S/C11H9Cl2NO3/c12-8-2-1-5(3-9(8)13)14-10(15)6-4-7(6)11(16)17/h1-3,6-7H,4H2,(H,14,15)(H,16,17)/t6-,7+/m0/s1. The first-order valence-corrected chi connectivity index (χ1v) is 5.73. The number of carbonyl (C=O) groups excluding carboxylic acids is 1. The smallest absolute Gasteiger partial charge is 0.307 e. The van der Waals surface area contributed by atoms with Crippen LogP contribution in [0, 0.1) is 11.8 Å². The fraction of sp³-hybridized carbons (Fsp3) is 0.273. The molecule has 0 radical (unpaired) electrons. The van der Waals surface area contributed by atoms with Crippen molar-refractivity contribution in [1.82, 2.24) is 0 Å². The number of nitrogens with one attached hydrogen (secondary N) is 1. The number of carbonyl (C=O) groups is 2. The third-order valence-corrected chi connectivity index (χ3v) is 3.37. The zero-order valence-electron chi connectivity index (χ0n) is 8.61. The van der Waals surface area contributed by atoms with Crippen molar-refractivity contribution in [1.29, 1.82) is 0 Å². The Labute approximate surface area is 108 Å². The van der Waals surface area contributed by atoms with Gasteiger partial charge in [0.05, 0.1) is 21.9 Å². The molecule has 0 aliphatic heterocycles. The van der Waals surface area contributed by atoms with E-state index in [2.05, 4.69) is 5.32 Å². The van der Waals surface area contributed by atoms with Crippen LogP contribution in [0.4, 0.5) is 5.69 Å². The molecule has 0 unspecified atom stereocenters. The van der Waals surface area contributed by atoms with Gasteiger partial charge in [0.15, 0.2) is 0 Å². The monoisotopic (exact) mass is 273 g/mol. The number of hydrogen-bond donors (Lipinski definition) is 2. The molecule has 0 saturated heterocycles. The number of amides is 1. The van der Waals surface area contributed by atoms with Gasteiger partial charge >= 0.3 is 5.97 Å². The summed E-state index contributed by atoms with van der Waals surface area (Å²) in [6.45, 7) is 0. The molecule has 0 aromatic heterocycles. The van der Waals surface area contributed by atoms with Crippen LogP contribution in [-0.4, -0.2) is 17.0 Å². The molecule has 1 saturated carbocycles. The van der Waals surface area contributed by atoms with Crippen molar-refractivity contribution >= 4 is 40.8 Å². The SMILES string of the molecule is O=C(Nc1ccc(Cl)c(Cl)c1)[C@H]1C[C@H]1C(=O)O. The highest BCUT2D eigenvalue weighted by atomic mass is 35.5. The second-order valence-electron chi connectivity index (χ2n) is 3.91. The largest absolute Gasteiger partial charge is 0.481 e. The topological polar surface area (TPSA) is 66.4 Å². The molecule has 1 aliphatic carbocycles. The second-order valence-corrected chi connectivity index (χ2v) is 4.72. The number of carboxylic acids is 1. The van der Waals surface area contributed by atoms with Gasteiger partial charge in [-0.15, -0.1) is 0 Å². The number of carboxylic acid groups (broad SMARTS) is 1. The molecular formula is C11H9Cl2NO3. The van der Waals surface area contributed by atoms with Crippen molar-refractivity contribution in [3.63, 3.8) is 0 Å². The van der Waals surface area contributed by atoms with Gasteiger partial charge in [-0.2, -0.15) is 0 Å². The summed E-state index contributed by atoms with van der Waals surface area (Å²) in [6, 6.07) is 4.71. The minimum absolute atomic E-state index is 0.296. The molecule has 1 aliphatic rings. The first-order valence-electron chi connectivity index (χ1n) is 4.98. The maximum atomic E-state index is 11.6. The summed E-state index contributed by atoms with van der Waals surface area (Å²) in [6.07, 6.45) is 0.391. The van der Waals surface area contributed by atoms with E-state index < -0.39 is 17.8 Å². The number of aliphatic carboxylic acids is 1. The van der Waals surface area contributed by atoms with E-state index in [1.165, 1.54) is 6.07 Å². The van der Waals surface area contributed by atoms with Gasteiger partial charge in [0, 0.05) is 5.69 Å². The van der Waals surface area contributed by atoms with Crippen molar-refractivity contribution < 1.29 is 14.7 Å². The van der Waals surface area contributed by atoms with E-state index in [1.54, 1.807) is 12.1 Å². The Bertz CT molecular complexity index is 490. The fourth-order valence-corrected chi connectivity index (χ4v) is 1.86. The molecule has 1 aromatic carbocycles. The van der Waals surface area contributed by atoms with Crippen molar-refractivity contribution in [2.75, 3.05) is 5.32 Å². The summed E-state index contributed by atoms with van der Waals surface area (Å²) in [5.41, 5.74) is 0.514. The molecule has 0 spiro atoms. The fourth-order valence-electron chi connectivity index (χ4n) is 1.57. The van der Waals surface area contributed by atoms with Crippen LogP contribution in [0.5, 0.6) is 0 Å². The molecule has 1 amide bonds. The lowest BCUT2D eigenvalue weighted by molar-refractivity contribution is -0.139. The van der Waals surface area contributed by atoms with Gasteiger partial charge in [-0.05, 0) is 24.6 Å². The maximum Gasteiger partial charge on any atom is 0.307 e. The lowest BCUT2D eigenvalue weighted by Crippen LogP contribution is -2.16. The highest BCUT2D eigenvalue weighted by Crippen LogP contribution is 2.39. The quantitative estimate of drug-likeness (QED) is 0.890. The highest BCUT2D eigenvalue weighted by molar-refractivity contribution is 6.42. The molecule has 1 fully saturated rings. The lowest BCUT2D eigenvalue weighted by Gasteiger charge is -2.05. The number of hydrogen-bond acceptors (Lipinski definition) is 2. The molecule has 17 heavy (non-hydrogen) atoms. The van der Waals surface area contributed by atoms with Crippen molar-refractivity contribution in [2.24, 2.45) is 11.8 Å². The average Bonchev–Trinajstić information content (AvgIpc) is 3.03. The predicted molar refractivity (Wildman–Crippen MR) is 64.3 cm³/mol. The first kappa shape index (κ1) is 12.2. The van der Waals surface area contributed by atoms with Crippen molar-refractivity contribution in [3.8, 4) is 0 Å². The molecule has 90 valence electrons. The lowest BCUT2D eigenvalue weighted by atomic mass is 10.2. The molecule has 0 bridgehead atoms. The third-order valence-electron chi connectivity index (χ3n) is 2.63. The van der Waals surface area contributed by atoms with E-state index in [-0.39, 0.29) is 5.91 Å². The summed E-state index contributed by atoms with van der Waals surface area (Å²) in [5, 5.41) is 12.1. The zero-order chi connectivity index (χ0) is 12.6. The van der Waals surface area contributed by atoms with E-state index in [0.29, 0.717) is 22.2 Å². The third kappa shape index (κ3) is 2.70. The average molecular weight is 274 g/mol. The normalized spacial score (nSPS) is 22.0. The molecule has 2 N–H and O–H groups in total. The van der Waals surface area contributed by atoms with Crippen molar-refractivity contribution in [2.45, 2.75) is 6.42 Å². The predicted octanol–water partition coefficient (Wildman–Crippen LogP) is 2.65. The number of rotatable bonds is 3. The van der Waals surface area contributed by atoms with Crippen LogP contribution in [-0.2, 0) is 9.59 Å². The van der Waals surface area contributed by atoms with Crippen LogP contribution in [0.25, 0.3) is 0 Å². The van der Waals surface area contributed by atoms with Gasteiger partial charge in [0.1, 0.15) is 0 Å². The van der Waals surface area contributed by atoms with Crippen LogP contribution in [0.3, 0.4) is 0 Å². The number of halogens is 2. The maximum absolute atomic E-state index is 11.6. The highest BCUT2D eigenvalue weighted by Gasteiger charge is 2.48. The van der Waals surface area contributed by atoms with E-state index in [9.17, 15) is 9.59 Å². The summed E-state index contributed by atoms with van der Waals surface area (Å²) in [4.78, 5) is 22.2. The molecule has 2 atom stereocenters. The number of anilines is 1. The van der Waals surface area contributed by atoms with E-state index in [4.69, 9.17) is 28.3 Å². The number of benzene rings is 1. The summed E-state index contributed by atoms with van der Waals surface area (Å²) >= 11 is 11.5. The van der Waals surface area contributed by atoms with Crippen LogP contribution in [0.15, 0.2) is 18.2 Å². The van der Waals surface area contributed by atoms with Crippen LogP contribution in [0.1, 0.15) is 6.42 Å². The van der Waals surface area contributed by atoms with Crippen LogP contribution >= 0.6 is 23.2 Å². The Morgan fingerprint density at radius 2 is 1.94 bits per heavy atom. The van der Waals surface area contributed by atoms with Crippen LogP contribution in [0.2, 0.25) is 10.0 Å². The molecule has 1 aromatic rings. The Morgan fingerprint density at radius 3 is 2.47 bits per heavy atom. The summed E-state index contributed by atoms with van der Waals surface area (Å²) in [5.74, 6) is -2.23. The van der Waals surface area contributed by atoms with E-state index in [1.807, 2.05) is 0 Å². The Morgan fingerprint density at radius 1 is 1.24 bits per heavy atom. The van der Waals surface area contributed by atoms with Gasteiger partial charge in [-0.1, -0.05) is 23.2 Å². The zero-order valence-corrected chi connectivity index (χ0v) is 10.1. The first-order chi connectivity index (χ1) is 7.99. The van der Waals surface area contributed by atoms with E-state index >= 15 is 0 Å². The van der Waals surface area contributed by atoms with Gasteiger partial charge in [0.2, 0.25) is 5.91 Å². The van der Waals surface area contributed by atoms with E-state index in [0.717, 1.165) is 0 Å². The van der Waals surface area contributed by atoms with Crippen molar-refractivity contribution in [3.05, 3.63) is 28.2 Å². The van der Waals surface area contributed by atoms with Gasteiger partial charge in [-0.3, -0.25) is 9.59 Å². The molecular weight excluding hydrogens is 265 g/mol. The van der Waals surface area contributed by atoms with Crippen LogP contribution < -0.4 is 5.32 Å².